The molecule has 0 aromatic heterocycles. The van der Waals surface area contributed by atoms with E-state index in [2.05, 4.69) is 10.6 Å². The molecule has 2 unspecified atom stereocenters. The van der Waals surface area contributed by atoms with Gasteiger partial charge in [-0.25, -0.2) is 9.18 Å². The van der Waals surface area contributed by atoms with Crippen molar-refractivity contribution in [3.05, 3.63) is 35.1 Å². The summed E-state index contributed by atoms with van der Waals surface area (Å²) in [5, 5.41) is 14.6. The lowest BCUT2D eigenvalue weighted by molar-refractivity contribution is 0.212. The Hall–Kier alpha value is -1.62. The second-order valence-corrected chi connectivity index (χ2v) is 4.84. The largest absolute Gasteiger partial charge is 0.394 e. The highest BCUT2D eigenvalue weighted by Gasteiger charge is 2.24. The third-order valence-corrected chi connectivity index (χ3v) is 3.54. The maximum Gasteiger partial charge on any atom is 0.315 e. The summed E-state index contributed by atoms with van der Waals surface area (Å²) in [7, 11) is 0. The lowest BCUT2D eigenvalue weighted by Gasteiger charge is -2.18. The first-order valence-electron chi connectivity index (χ1n) is 6.60. The minimum absolute atomic E-state index is 0.0835. The summed E-state index contributed by atoms with van der Waals surface area (Å²) in [5.74, 6) is -0.283. The molecule has 4 nitrogen and oxygen atoms in total. The van der Waals surface area contributed by atoms with Crippen LogP contribution in [0.1, 0.15) is 36.9 Å². The van der Waals surface area contributed by atoms with Gasteiger partial charge in [-0.15, -0.1) is 0 Å². The fraction of sp³-hybridized carbons (Fsp3) is 0.500. The Morgan fingerprint density at radius 2 is 2.37 bits per heavy atom. The fourth-order valence-electron chi connectivity index (χ4n) is 2.39. The van der Waals surface area contributed by atoms with Crippen LogP contribution in [-0.2, 0) is 6.42 Å². The molecule has 0 saturated heterocycles. The van der Waals surface area contributed by atoms with E-state index in [0.29, 0.717) is 6.42 Å². The summed E-state index contributed by atoms with van der Waals surface area (Å²) >= 11 is 0. The summed E-state index contributed by atoms with van der Waals surface area (Å²) in [6.45, 7) is 1.81. The number of hydrogen-bond acceptors (Lipinski definition) is 2. The molecule has 1 aliphatic carbocycles. The minimum Gasteiger partial charge on any atom is -0.394 e. The number of benzene rings is 1. The first-order chi connectivity index (χ1) is 9.13. The Labute approximate surface area is 112 Å². The standard InChI is InChI=1S/C14H19FN2O2/c1-2-11(8-18)16-14(19)17-13-6-4-9-3-5-10(15)7-12(9)13/h3,5,7,11,13,18H,2,4,6,8H2,1H3,(H2,16,17,19). The van der Waals surface area contributed by atoms with Gasteiger partial charge in [0.25, 0.3) is 0 Å². The van der Waals surface area contributed by atoms with Crippen LogP contribution in [0.25, 0.3) is 0 Å². The van der Waals surface area contributed by atoms with Gasteiger partial charge in [0.05, 0.1) is 18.7 Å². The molecule has 1 aromatic carbocycles. The van der Waals surface area contributed by atoms with Crippen LogP contribution in [0.4, 0.5) is 9.18 Å². The van der Waals surface area contributed by atoms with Gasteiger partial charge in [-0.05, 0) is 42.5 Å². The summed E-state index contributed by atoms with van der Waals surface area (Å²) in [6, 6.07) is 3.99. The number of hydrogen-bond donors (Lipinski definition) is 3. The first-order valence-corrected chi connectivity index (χ1v) is 6.60. The van der Waals surface area contributed by atoms with Crippen LogP contribution in [0.15, 0.2) is 18.2 Å². The number of aryl methyl sites for hydroxylation is 1. The molecule has 1 aliphatic rings. The van der Waals surface area contributed by atoms with Gasteiger partial charge in [0.2, 0.25) is 0 Å². The van der Waals surface area contributed by atoms with E-state index in [1.807, 2.05) is 6.92 Å². The van der Waals surface area contributed by atoms with Gasteiger partial charge in [-0.2, -0.15) is 0 Å². The van der Waals surface area contributed by atoms with Crippen molar-refractivity contribution in [3.63, 3.8) is 0 Å². The van der Waals surface area contributed by atoms with Gasteiger partial charge in [0.15, 0.2) is 0 Å². The molecular formula is C14H19FN2O2. The molecule has 3 N–H and O–H groups in total. The minimum atomic E-state index is -0.317. The van der Waals surface area contributed by atoms with Crippen LogP contribution >= 0.6 is 0 Å². The van der Waals surface area contributed by atoms with E-state index in [-0.39, 0.29) is 30.5 Å². The van der Waals surface area contributed by atoms with Crippen LogP contribution in [0.3, 0.4) is 0 Å². The van der Waals surface area contributed by atoms with Crippen molar-refractivity contribution >= 4 is 6.03 Å². The number of carbonyl (C=O) groups excluding carboxylic acids is 1. The van der Waals surface area contributed by atoms with E-state index in [4.69, 9.17) is 5.11 Å². The molecule has 19 heavy (non-hydrogen) atoms. The predicted molar refractivity (Wildman–Crippen MR) is 70.3 cm³/mol. The van der Waals surface area contributed by atoms with Gasteiger partial charge in [0.1, 0.15) is 5.82 Å². The molecule has 1 aromatic rings. The summed E-state index contributed by atoms with van der Waals surface area (Å²) in [5.41, 5.74) is 1.94. The summed E-state index contributed by atoms with van der Waals surface area (Å²) in [4.78, 5) is 11.8. The highest BCUT2D eigenvalue weighted by Crippen LogP contribution is 2.31. The number of carbonyl (C=O) groups is 1. The Morgan fingerprint density at radius 1 is 1.58 bits per heavy atom. The summed E-state index contributed by atoms with van der Waals surface area (Å²) in [6.07, 6.45) is 2.29. The highest BCUT2D eigenvalue weighted by molar-refractivity contribution is 5.75. The molecule has 2 rings (SSSR count). The SMILES string of the molecule is CCC(CO)NC(=O)NC1CCc2ccc(F)cc21. The zero-order valence-corrected chi connectivity index (χ0v) is 10.9. The zero-order chi connectivity index (χ0) is 13.8. The van der Waals surface area contributed by atoms with E-state index < -0.39 is 0 Å². The number of rotatable bonds is 4. The normalized spacial score (nSPS) is 18.8. The highest BCUT2D eigenvalue weighted by atomic mass is 19.1. The Bertz CT molecular complexity index is 461. The number of nitrogens with one attached hydrogen (secondary N) is 2. The van der Waals surface area contributed by atoms with E-state index in [1.54, 1.807) is 6.07 Å². The topological polar surface area (TPSA) is 61.4 Å². The lowest BCUT2D eigenvalue weighted by atomic mass is 10.1. The van der Waals surface area contributed by atoms with Crippen molar-refractivity contribution in [2.75, 3.05) is 6.61 Å². The van der Waals surface area contributed by atoms with Crippen molar-refractivity contribution in [2.24, 2.45) is 0 Å². The van der Waals surface area contributed by atoms with Gasteiger partial charge in [-0.3, -0.25) is 0 Å². The molecule has 2 atom stereocenters. The van der Waals surface area contributed by atoms with E-state index in [1.165, 1.54) is 12.1 Å². The van der Waals surface area contributed by atoms with E-state index >= 15 is 0 Å². The Kier molecular flexibility index (Phi) is 4.37. The Morgan fingerprint density at radius 3 is 3.05 bits per heavy atom. The van der Waals surface area contributed by atoms with Crippen LogP contribution in [0.5, 0.6) is 0 Å². The molecule has 0 heterocycles. The molecule has 2 amide bonds. The number of aliphatic hydroxyl groups is 1. The molecule has 0 aliphatic heterocycles. The average molecular weight is 266 g/mol. The van der Waals surface area contributed by atoms with Crippen molar-refractivity contribution in [1.82, 2.24) is 10.6 Å². The fourth-order valence-corrected chi connectivity index (χ4v) is 2.39. The monoisotopic (exact) mass is 266 g/mol. The quantitative estimate of drug-likeness (QED) is 0.779. The number of amides is 2. The van der Waals surface area contributed by atoms with Crippen molar-refractivity contribution in [3.8, 4) is 0 Å². The molecule has 0 spiro atoms. The molecule has 104 valence electrons. The maximum atomic E-state index is 13.2. The second-order valence-electron chi connectivity index (χ2n) is 4.84. The third kappa shape index (κ3) is 3.23. The number of halogens is 1. The number of urea groups is 1. The molecule has 5 heteroatoms. The van der Waals surface area contributed by atoms with Crippen LogP contribution in [0.2, 0.25) is 0 Å². The van der Waals surface area contributed by atoms with Crippen LogP contribution in [0, 0.1) is 5.82 Å². The molecule has 0 saturated carbocycles. The van der Waals surface area contributed by atoms with Crippen LogP contribution < -0.4 is 10.6 Å². The van der Waals surface area contributed by atoms with Crippen molar-refractivity contribution in [1.29, 1.82) is 0 Å². The summed E-state index contributed by atoms with van der Waals surface area (Å²) < 4.78 is 13.2. The lowest BCUT2D eigenvalue weighted by Crippen LogP contribution is -2.44. The second kappa shape index (κ2) is 6.02. The van der Waals surface area contributed by atoms with E-state index in [9.17, 15) is 9.18 Å². The maximum absolute atomic E-state index is 13.2. The van der Waals surface area contributed by atoms with Crippen molar-refractivity contribution < 1.29 is 14.3 Å². The predicted octanol–water partition coefficient (Wildman–Crippen LogP) is 1.88. The van der Waals surface area contributed by atoms with E-state index in [0.717, 1.165) is 24.0 Å². The third-order valence-electron chi connectivity index (χ3n) is 3.54. The van der Waals surface area contributed by atoms with Gasteiger partial charge < -0.3 is 15.7 Å². The molecule has 0 bridgehead atoms. The molecular weight excluding hydrogens is 247 g/mol. The van der Waals surface area contributed by atoms with Gasteiger partial charge >= 0.3 is 6.03 Å². The van der Waals surface area contributed by atoms with Crippen LogP contribution in [-0.4, -0.2) is 23.8 Å². The smallest absolute Gasteiger partial charge is 0.315 e. The molecule has 0 radical (unpaired) electrons. The van der Waals surface area contributed by atoms with Gasteiger partial charge in [-0.1, -0.05) is 13.0 Å². The van der Waals surface area contributed by atoms with Crippen molar-refractivity contribution in [2.45, 2.75) is 38.3 Å². The number of fused-ring (bicyclic) bond motifs is 1. The molecule has 0 fully saturated rings. The zero-order valence-electron chi connectivity index (χ0n) is 10.9. The number of aliphatic hydroxyl groups excluding tert-OH is 1. The average Bonchev–Trinajstić information content (AvgIpc) is 2.78. The van der Waals surface area contributed by atoms with Gasteiger partial charge in [0, 0.05) is 0 Å². The Balaban J connectivity index is 1.99. The first kappa shape index (κ1) is 13.8.